The van der Waals surface area contributed by atoms with Crippen molar-refractivity contribution >= 4 is 75.0 Å². The third-order valence-corrected chi connectivity index (χ3v) is 14.9. The fraction of sp³-hybridized carbons (Fsp3) is 0.200. The second-order valence-electron chi connectivity index (χ2n) is 11.4. The summed E-state index contributed by atoms with van der Waals surface area (Å²) in [6, 6.07) is 21.0. The highest BCUT2D eigenvalue weighted by Gasteiger charge is 2.36. The Hall–Kier alpha value is -3.26. The van der Waals surface area contributed by atoms with E-state index in [-0.39, 0.29) is 60.2 Å². The number of rotatable bonds is 10. The average molecular weight is 787 g/mol. The Morgan fingerprint density at radius 3 is 1.31 bits per heavy atom. The van der Waals surface area contributed by atoms with Gasteiger partial charge in [0.15, 0.2) is 0 Å². The second-order valence-corrected chi connectivity index (χ2v) is 19.2. The molecule has 260 valence electrons. The summed E-state index contributed by atoms with van der Waals surface area (Å²) < 4.78 is 114. The van der Waals surface area contributed by atoms with E-state index < -0.39 is 40.5 Å². The molecule has 0 atom stereocenters. The van der Waals surface area contributed by atoms with Crippen LogP contribution in [0.4, 0.5) is 11.4 Å². The van der Waals surface area contributed by atoms with E-state index >= 15 is 0 Å². The average Bonchev–Trinajstić information content (AvgIpc) is 3.03. The van der Waals surface area contributed by atoms with Crippen LogP contribution >= 0.6 is 23.2 Å². The zero-order valence-corrected chi connectivity index (χ0v) is 30.2. The number of sulfonamides is 2. The summed E-state index contributed by atoms with van der Waals surface area (Å²) in [6.45, 7) is -0.641. The first-order chi connectivity index (χ1) is 23.0. The first-order valence-corrected chi connectivity index (χ1v) is 21.2. The minimum atomic E-state index is -4.62. The number of nitrogens with zero attached hydrogens (tertiary/aromatic N) is 2. The Morgan fingerprint density at radius 1 is 0.510 bits per heavy atom. The van der Waals surface area contributed by atoms with Crippen LogP contribution in [-0.2, 0) is 66.4 Å². The normalized spacial score (nSPS) is 16.0. The van der Waals surface area contributed by atoms with Gasteiger partial charge in [-0.25, -0.2) is 16.8 Å². The van der Waals surface area contributed by atoms with Gasteiger partial charge in [-0.05, 0) is 95.8 Å². The number of nitrogens with one attached hydrogen (secondary N) is 3. The van der Waals surface area contributed by atoms with E-state index in [2.05, 4.69) is 9.44 Å². The molecule has 2 aliphatic heterocycles. The zero-order chi connectivity index (χ0) is 35.2. The topological polar surface area (TPSA) is 179 Å². The summed E-state index contributed by atoms with van der Waals surface area (Å²) >= 11 is 11.9. The molecule has 6 rings (SSSR count). The molecule has 0 amide bonds. The standard InChI is InChI=1S/C30H29Cl2N5O8S4/c31-25-3-1-5-27(17-25)33-46(38,39)29-9-7-21-11-13-36(19-23(21)15-29)48(42,43)35-49(44,45)37-14-12-22-8-10-30(16-24(22)20-37)47(40,41)34-28-6-2-4-26(32)18-28/h1-10,15-18,33-35H,11-14,19-20H2. The summed E-state index contributed by atoms with van der Waals surface area (Å²) in [5, 5.41) is 0.672. The molecule has 0 radical (unpaired) electrons. The molecule has 0 aliphatic carbocycles. The Labute approximate surface area is 295 Å². The van der Waals surface area contributed by atoms with Crippen LogP contribution in [0.1, 0.15) is 22.3 Å². The maximum absolute atomic E-state index is 13.4. The van der Waals surface area contributed by atoms with Crippen LogP contribution in [-0.4, -0.2) is 55.4 Å². The third kappa shape index (κ3) is 8.05. The molecule has 0 unspecified atom stereocenters. The molecule has 0 aromatic heterocycles. The zero-order valence-electron chi connectivity index (χ0n) is 25.4. The van der Waals surface area contributed by atoms with Gasteiger partial charge in [0.1, 0.15) is 0 Å². The van der Waals surface area contributed by atoms with E-state index in [1.54, 1.807) is 36.4 Å². The third-order valence-electron chi connectivity index (χ3n) is 7.97. The highest BCUT2D eigenvalue weighted by molar-refractivity contribution is 8.02. The molecule has 0 fully saturated rings. The summed E-state index contributed by atoms with van der Waals surface area (Å²) in [7, 11) is -17.4. The lowest BCUT2D eigenvalue weighted by Crippen LogP contribution is -2.51. The van der Waals surface area contributed by atoms with Gasteiger partial charge in [0.05, 0.1) is 21.2 Å². The smallest absolute Gasteiger partial charge is 0.280 e. The SMILES string of the molecule is O=S(=O)(Nc1cccc(Cl)c1)c1ccc2c(c1)CN(S(=O)(=O)NS(=O)(=O)N1CCc3ccc(S(=O)(=O)Nc4cccc(Cl)c4)cc3C1)CC2. The van der Waals surface area contributed by atoms with Crippen molar-refractivity contribution in [2.75, 3.05) is 22.5 Å². The number of anilines is 2. The highest BCUT2D eigenvalue weighted by atomic mass is 35.5. The van der Waals surface area contributed by atoms with Crippen LogP contribution in [0.3, 0.4) is 0 Å². The van der Waals surface area contributed by atoms with Gasteiger partial charge in [0.25, 0.3) is 40.5 Å². The molecule has 2 heterocycles. The Balaban J connectivity index is 1.16. The van der Waals surface area contributed by atoms with Crippen molar-refractivity contribution in [1.82, 2.24) is 12.7 Å². The van der Waals surface area contributed by atoms with Crippen LogP contribution in [0.15, 0.2) is 94.7 Å². The van der Waals surface area contributed by atoms with E-state index in [0.29, 0.717) is 21.2 Å². The van der Waals surface area contributed by atoms with Gasteiger partial charge in [-0.15, -0.1) is 0 Å². The lowest BCUT2D eigenvalue weighted by molar-refractivity contribution is 0.375. The van der Waals surface area contributed by atoms with E-state index in [4.69, 9.17) is 23.2 Å². The Bertz CT molecular complexity index is 2230. The molecule has 19 heteroatoms. The lowest BCUT2D eigenvalue weighted by atomic mass is 10.0. The molecular formula is C30H29Cl2N5O8S4. The Kier molecular flexibility index (Phi) is 9.77. The summed E-state index contributed by atoms with van der Waals surface area (Å²) in [5.74, 6) is 0. The first kappa shape index (κ1) is 35.6. The maximum Gasteiger partial charge on any atom is 0.293 e. The fourth-order valence-electron chi connectivity index (χ4n) is 5.53. The highest BCUT2D eigenvalue weighted by Crippen LogP contribution is 2.28. The molecule has 49 heavy (non-hydrogen) atoms. The summed E-state index contributed by atoms with van der Waals surface area (Å²) in [5.41, 5.74) is 2.73. The van der Waals surface area contributed by atoms with E-state index in [1.165, 1.54) is 48.5 Å². The molecule has 2 aliphatic rings. The molecule has 0 spiro atoms. The monoisotopic (exact) mass is 785 g/mol. The van der Waals surface area contributed by atoms with Crippen LogP contribution in [0.2, 0.25) is 10.0 Å². The van der Waals surface area contributed by atoms with E-state index in [9.17, 15) is 33.7 Å². The fourth-order valence-corrected chi connectivity index (χ4v) is 11.3. The van der Waals surface area contributed by atoms with Crippen molar-refractivity contribution in [3.63, 3.8) is 0 Å². The predicted octanol–water partition coefficient (Wildman–Crippen LogP) is 4.09. The van der Waals surface area contributed by atoms with Crippen LogP contribution < -0.4 is 13.6 Å². The van der Waals surface area contributed by atoms with Gasteiger partial charge in [-0.1, -0.05) is 51.6 Å². The second kappa shape index (κ2) is 13.5. The first-order valence-electron chi connectivity index (χ1n) is 14.6. The summed E-state index contributed by atoms with van der Waals surface area (Å²) in [6.07, 6.45) is 0.436. The Morgan fingerprint density at radius 2 is 0.918 bits per heavy atom. The van der Waals surface area contributed by atoms with Crippen molar-refractivity contribution in [1.29, 1.82) is 0 Å². The molecule has 4 aromatic carbocycles. The predicted molar refractivity (Wildman–Crippen MR) is 187 cm³/mol. The molecule has 0 bridgehead atoms. The van der Waals surface area contributed by atoms with E-state index in [1.807, 2.05) is 4.13 Å². The minimum Gasteiger partial charge on any atom is -0.280 e. The molecular weight excluding hydrogens is 758 g/mol. The number of fused-ring (bicyclic) bond motifs is 2. The number of hydrogen-bond donors (Lipinski definition) is 3. The number of hydrogen-bond acceptors (Lipinski definition) is 8. The van der Waals surface area contributed by atoms with Crippen molar-refractivity contribution in [2.24, 2.45) is 0 Å². The van der Waals surface area contributed by atoms with Gasteiger partial charge in [-0.2, -0.15) is 25.4 Å². The summed E-state index contributed by atoms with van der Waals surface area (Å²) in [4.78, 5) is -0.218. The van der Waals surface area contributed by atoms with Gasteiger partial charge in [0, 0.05) is 36.2 Å². The van der Waals surface area contributed by atoms with Gasteiger partial charge in [0.2, 0.25) is 0 Å². The minimum absolute atomic E-state index is 0.0472. The van der Waals surface area contributed by atoms with Gasteiger partial charge < -0.3 is 0 Å². The van der Waals surface area contributed by atoms with Crippen molar-refractivity contribution < 1.29 is 33.7 Å². The van der Waals surface area contributed by atoms with Crippen LogP contribution in [0.25, 0.3) is 0 Å². The quantitative estimate of drug-likeness (QED) is 0.215. The molecule has 0 saturated carbocycles. The molecule has 0 saturated heterocycles. The van der Waals surface area contributed by atoms with Gasteiger partial charge in [-0.3, -0.25) is 9.44 Å². The van der Waals surface area contributed by atoms with E-state index in [0.717, 1.165) is 19.7 Å². The maximum atomic E-state index is 13.4. The van der Waals surface area contributed by atoms with Crippen LogP contribution in [0.5, 0.6) is 0 Å². The van der Waals surface area contributed by atoms with Crippen molar-refractivity contribution in [2.45, 2.75) is 35.7 Å². The number of benzene rings is 4. The van der Waals surface area contributed by atoms with Crippen LogP contribution in [0, 0.1) is 0 Å². The molecule has 13 nitrogen and oxygen atoms in total. The van der Waals surface area contributed by atoms with Crippen molar-refractivity contribution in [3.8, 4) is 0 Å². The number of halogens is 2. The lowest BCUT2D eigenvalue weighted by Gasteiger charge is -2.31. The van der Waals surface area contributed by atoms with Crippen molar-refractivity contribution in [3.05, 3.63) is 117 Å². The molecule has 4 aromatic rings. The largest absolute Gasteiger partial charge is 0.293 e. The van der Waals surface area contributed by atoms with Gasteiger partial charge >= 0.3 is 0 Å². The molecule has 3 N–H and O–H groups in total.